The Hall–Kier alpha value is -1.46. The molecular weight excluding hydrogens is 318 g/mol. The van der Waals surface area contributed by atoms with Crippen LogP contribution in [0.25, 0.3) is 0 Å². The summed E-state index contributed by atoms with van der Waals surface area (Å²) in [4.78, 5) is 17.9. The van der Waals surface area contributed by atoms with Crippen molar-refractivity contribution in [3.8, 4) is 0 Å². The fourth-order valence-electron chi connectivity index (χ4n) is 3.36. The van der Waals surface area contributed by atoms with Gasteiger partial charge in [0.2, 0.25) is 0 Å². The van der Waals surface area contributed by atoms with Crippen LogP contribution >= 0.6 is 11.8 Å². The SMILES string of the molecule is CN(C)CCSc1ccc(NC(=O)N2C[C@H]3CC=CC[C@@H]3C2)cc1. The summed E-state index contributed by atoms with van der Waals surface area (Å²) in [5.41, 5.74) is 0.880. The van der Waals surface area contributed by atoms with Crippen molar-refractivity contribution in [2.75, 3.05) is 44.8 Å². The summed E-state index contributed by atoms with van der Waals surface area (Å²) >= 11 is 1.84. The maximum absolute atomic E-state index is 12.5. The van der Waals surface area contributed by atoms with Crippen LogP contribution in [0.1, 0.15) is 12.8 Å². The number of carbonyl (C=O) groups is 1. The number of amides is 2. The molecule has 1 saturated heterocycles. The van der Waals surface area contributed by atoms with E-state index in [1.54, 1.807) is 0 Å². The zero-order chi connectivity index (χ0) is 16.9. The third kappa shape index (κ3) is 4.54. The van der Waals surface area contributed by atoms with Gasteiger partial charge in [-0.3, -0.25) is 0 Å². The molecule has 1 aliphatic carbocycles. The fourth-order valence-corrected chi connectivity index (χ4v) is 4.38. The van der Waals surface area contributed by atoms with E-state index in [9.17, 15) is 4.79 Å². The highest BCUT2D eigenvalue weighted by atomic mass is 32.2. The highest BCUT2D eigenvalue weighted by molar-refractivity contribution is 7.99. The Balaban J connectivity index is 1.48. The molecule has 3 rings (SSSR count). The van der Waals surface area contributed by atoms with E-state index in [4.69, 9.17) is 0 Å². The predicted molar refractivity (Wildman–Crippen MR) is 102 cm³/mol. The quantitative estimate of drug-likeness (QED) is 0.652. The van der Waals surface area contributed by atoms with E-state index in [-0.39, 0.29) is 6.03 Å². The van der Waals surface area contributed by atoms with Crippen LogP contribution in [0.2, 0.25) is 0 Å². The van der Waals surface area contributed by atoms with E-state index >= 15 is 0 Å². The number of rotatable bonds is 5. The second kappa shape index (κ2) is 8.08. The maximum Gasteiger partial charge on any atom is 0.321 e. The number of nitrogens with one attached hydrogen (secondary N) is 1. The Kier molecular flexibility index (Phi) is 5.85. The van der Waals surface area contributed by atoms with Crippen molar-refractivity contribution in [2.45, 2.75) is 17.7 Å². The summed E-state index contributed by atoms with van der Waals surface area (Å²) < 4.78 is 0. The second-order valence-electron chi connectivity index (χ2n) is 6.97. The number of likely N-dealkylation sites (tertiary alicyclic amines) is 1. The van der Waals surface area contributed by atoms with Crippen molar-refractivity contribution in [3.05, 3.63) is 36.4 Å². The van der Waals surface area contributed by atoms with Crippen molar-refractivity contribution in [1.82, 2.24) is 9.80 Å². The first-order chi connectivity index (χ1) is 11.6. The average Bonchev–Trinajstić information content (AvgIpc) is 3.00. The van der Waals surface area contributed by atoms with Gasteiger partial charge in [-0.05, 0) is 63.0 Å². The molecule has 2 atom stereocenters. The Morgan fingerprint density at radius 1 is 1.17 bits per heavy atom. The number of urea groups is 1. The number of fused-ring (bicyclic) bond motifs is 1. The third-order valence-electron chi connectivity index (χ3n) is 4.82. The number of nitrogens with zero attached hydrogens (tertiary/aromatic N) is 2. The molecule has 2 aliphatic rings. The van der Waals surface area contributed by atoms with Crippen molar-refractivity contribution in [1.29, 1.82) is 0 Å². The Bertz CT molecular complexity index is 569. The number of anilines is 1. The van der Waals surface area contributed by atoms with Crippen molar-refractivity contribution < 1.29 is 4.79 Å². The van der Waals surface area contributed by atoms with Gasteiger partial charge in [0.15, 0.2) is 0 Å². The smallest absolute Gasteiger partial charge is 0.321 e. The molecule has 2 amide bonds. The monoisotopic (exact) mass is 345 g/mol. The van der Waals surface area contributed by atoms with Gasteiger partial charge in [-0.25, -0.2) is 4.79 Å². The van der Waals surface area contributed by atoms with Gasteiger partial charge in [-0.15, -0.1) is 11.8 Å². The van der Waals surface area contributed by atoms with Gasteiger partial charge in [-0.2, -0.15) is 0 Å². The summed E-state index contributed by atoms with van der Waals surface area (Å²) in [6.45, 7) is 2.84. The van der Waals surface area contributed by atoms with Crippen molar-refractivity contribution in [3.63, 3.8) is 0 Å². The minimum atomic E-state index is 0.0393. The molecule has 24 heavy (non-hydrogen) atoms. The van der Waals surface area contributed by atoms with Gasteiger partial charge in [0.05, 0.1) is 0 Å². The lowest BCUT2D eigenvalue weighted by molar-refractivity contribution is 0.220. The Morgan fingerprint density at radius 2 is 1.79 bits per heavy atom. The molecule has 0 bridgehead atoms. The summed E-state index contributed by atoms with van der Waals surface area (Å²) in [6.07, 6.45) is 6.76. The molecule has 130 valence electrons. The molecule has 1 fully saturated rings. The molecule has 1 N–H and O–H groups in total. The molecule has 1 aromatic carbocycles. The van der Waals surface area contributed by atoms with Crippen LogP contribution in [0, 0.1) is 11.8 Å². The van der Waals surface area contributed by atoms with Crippen LogP contribution in [-0.4, -0.2) is 55.3 Å². The number of carbonyl (C=O) groups excluding carboxylic acids is 1. The summed E-state index contributed by atoms with van der Waals surface area (Å²) in [6, 6.07) is 8.21. The van der Waals surface area contributed by atoms with E-state index in [1.807, 2.05) is 28.8 Å². The van der Waals surface area contributed by atoms with E-state index in [1.165, 1.54) is 4.90 Å². The van der Waals surface area contributed by atoms with Crippen LogP contribution in [0.4, 0.5) is 10.5 Å². The Morgan fingerprint density at radius 3 is 2.38 bits per heavy atom. The largest absolute Gasteiger partial charge is 0.324 e. The van der Waals surface area contributed by atoms with E-state index < -0.39 is 0 Å². The van der Waals surface area contributed by atoms with Crippen molar-refractivity contribution >= 4 is 23.5 Å². The highest BCUT2D eigenvalue weighted by Crippen LogP contribution is 2.33. The predicted octanol–water partition coefficient (Wildman–Crippen LogP) is 3.77. The lowest BCUT2D eigenvalue weighted by atomic mass is 9.86. The summed E-state index contributed by atoms with van der Waals surface area (Å²) in [5, 5.41) is 3.04. The minimum absolute atomic E-state index is 0.0393. The molecule has 0 radical (unpaired) electrons. The first-order valence-electron chi connectivity index (χ1n) is 8.70. The molecule has 0 aromatic heterocycles. The van der Waals surface area contributed by atoms with Crippen LogP contribution in [0.5, 0.6) is 0 Å². The zero-order valence-electron chi connectivity index (χ0n) is 14.6. The van der Waals surface area contributed by atoms with Gasteiger partial charge in [0.25, 0.3) is 0 Å². The van der Waals surface area contributed by atoms with Gasteiger partial charge < -0.3 is 15.1 Å². The van der Waals surface area contributed by atoms with Gasteiger partial charge in [0, 0.05) is 36.0 Å². The average molecular weight is 346 g/mol. The summed E-state index contributed by atoms with van der Waals surface area (Å²) in [5.74, 6) is 2.37. The van der Waals surface area contributed by atoms with E-state index in [0.29, 0.717) is 11.8 Å². The topological polar surface area (TPSA) is 35.6 Å². The molecule has 1 aliphatic heterocycles. The molecule has 0 spiro atoms. The minimum Gasteiger partial charge on any atom is -0.324 e. The van der Waals surface area contributed by atoms with Gasteiger partial charge in [0.1, 0.15) is 0 Å². The van der Waals surface area contributed by atoms with Gasteiger partial charge >= 0.3 is 6.03 Å². The van der Waals surface area contributed by atoms with E-state index in [0.717, 1.165) is 43.9 Å². The normalized spacial score (nSPS) is 22.7. The second-order valence-corrected chi connectivity index (χ2v) is 8.14. The molecule has 5 heteroatoms. The highest BCUT2D eigenvalue weighted by Gasteiger charge is 2.35. The third-order valence-corrected chi connectivity index (χ3v) is 5.81. The van der Waals surface area contributed by atoms with Crippen LogP contribution in [0.3, 0.4) is 0 Å². The maximum atomic E-state index is 12.5. The standard InChI is InChI=1S/C19H27N3OS/c1-21(2)11-12-24-18-9-7-17(8-10-18)20-19(23)22-13-15-5-3-4-6-16(15)14-22/h3-4,7-10,15-16H,5-6,11-14H2,1-2H3,(H,20,23)/t15-,16-/m1/s1. The lowest BCUT2D eigenvalue weighted by Gasteiger charge is -2.17. The first kappa shape index (κ1) is 17.4. The van der Waals surface area contributed by atoms with Crippen molar-refractivity contribution in [2.24, 2.45) is 11.8 Å². The number of benzene rings is 1. The Labute approximate surface area is 149 Å². The molecule has 1 aromatic rings. The number of allylic oxidation sites excluding steroid dienone is 2. The molecular formula is C19H27N3OS. The van der Waals surface area contributed by atoms with Crippen LogP contribution < -0.4 is 5.32 Å². The fraction of sp³-hybridized carbons (Fsp3) is 0.526. The van der Waals surface area contributed by atoms with Crippen LogP contribution in [0.15, 0.2) is 41.3 Å². The summed E-state index contributed by atoms with van der Waals surface area (Å²) in [7, 11) is 4.17. The lowest BCUT2D eigenvalue weighted by Crippen LogP contribution is -2.33. The molecule has 4 nitrogen and oxygen atoms in total. The van der Waals surface area contributed by atoms with Crippen LogP contribution in [-0.2, 0) is 0 Å². The number of hydrogen-bond donors (Lipinski definition) is 1. The number of hydrogen-bond acceptors (Lipinski definition) is 3. The molecule has 0 saturated carbocycles. The number of thioether (sulfide) groups is 1. The molecule has 0 unspecified atom stereocenters. The first-order valence-corrected chi connectivity index (χ1v) is 9.69. The molecule has 1 heterocycles. The van der Waals surface area contributed by atoms with E-state index in [2.05, 4.69) is 48.6 Å². The van der Waals surface area contributed by atoms with Gasteiger partial charge in [-0.1, -0.05) is 12.2 Å². The zero-order valence-corrected chi connectivity index (χ0v) is 15.4.